The third-order valence-corrected chi connectivity index (χ3v) is 3.85. The van der Waals surface area contributed by atoms with E-state index in [1.807, 2.05) is 0 Å². The van der Waals surface area contributed by atoms with Gasteiger partial charge in [-0.3, -0.25) is 4.79 Å². The number of rotatable bonds is 10. The molecule has 0 aliphatic carbocycles. The number of hydrogen-bond acceptors (Lipinski definition) is 5. The zero-order valence-corrected chi connectivity index (χ0v) is 18.0. The van der Waals surface area contributed by atoms with Crippen LogP contribution in [0.3, 0.4) is 0 Å². The fourth-order valence-corrected chi connectivity index (χ4v) is 2.52. The molecule has 1 aromatic heterocycles. The van der Waals surface area contributed by atoms with Crippen molar-refractivity contribution in [2.24, 2.45) is 5.92 Å². The number of nitrogens with one attached hydrogen (secondary N) is 1. The topological polar surface area (TPSA) is 99.2 Å². The SMILES string of the molecule is CC(C)/C=C/CCCCC(=O)NCCCc1cn(C(=O)OC(C)(C)C)c(N)n1. The first-order chi connectivity index (χ1) is 13.1. The molecule has 28 heavy (non-hydrogen) atoms. The van der Waals surface area contributed by atoms with Gasteiger partial charge in [-0.1, -0.05) is 26.0 Å². The average Bonchev–Trinajstić information content (AvgIpc) is 2.94. The number of ether oxygens (including phenoxy) is 1. The van der Waals surface area contributed by atoms with Crippen LogP contribution in [0.4, 0.5) is 10.7 Å². The van der Waals surface area contributed by atoms with Crippen molar-refractivity contribution in [1.29, 1.82) is 0 Å². The summed E-state index contributed by atoms with van der Waals surface area (Å²) in [6.07, 6.45) is 10.3. The molecule has 7 heteroatoms. The van der Waals surface area contributed by atoms with Crippen molar-refractivity contribution in [3.63, 3.8) is 0 Å². The molecule has 3 N–H and O–H groups in total. The molecule has 0 saturated heterocycles. The van der Waals surface area contributed by atoms with Crippen molar-refractivity contribution < 1.29 is 14.3 Å². The molecule has 1 heterocycles. The Balaban J connectivity index is 2.25. The van der Waals surface area contributed by atoms with Gasteiger partial charge >= 0.3 is 6.09 Å². The van der Waals surface area contributed by atoms with Crippen LogP contribution in [0.2, 0.25) is 0 Å². The summed E-state index contributed by atoms with van der Waals surface area (Å²) in [5.74, 6) is 0.764. The third kappa shape index (κ3) is 10.1. The van der Waals surface area contributed by atoms with Crippen LogP contribution in [0.5, 0.6) is 0 Å². The lowest BCUT2D eigenvalue weighted by atomic mass is 10.1. The zero-order valence-electron chi connectivity index (χ0n) is 18.0. The van der Waals surface area contributed by atoms with Gasteiger partial charge in [-0.2, -0.15) is 0 Å². The number of nitrogens with two attached hydrogens (primary N) is 1. The lowest BCUT2D eigenvalue weighted by molar-refractivity contribution is -0.121. The number of imidazole rings is 1. The van der Waals surface area contributed by atoms with E-state index in [1.54, 1.807) is 27.0 Å². The van der Waals surface area contributed by atoms with Crippen LogP contribution in [0.1, 0.15) is 72.4 Å². The predicted molar refractivity (Wildman–Crippen MR) is 112 cm³/mol. The minimum absolute atomic E-state index is 0.0756. The van der Waals surface area contributed by atoms with Crippen LogP contribution in [0.15, 0.2) is 18.3 Å². The largest absolute Gasteiger partial charge is 0.443 e. The van der Waals surface area contributed by atoms with Gasteiger partial charge in [0.15, 0.2) is 0 Å². The van der Waals surface area contributed by atoms with Crippen molar-refractivity contribution in [3.05, 3.63) is 24.0 Å². The first-order valence-electron chi connectivity index (χ1n) is 10.1. The first kappa shape index (κ1) is 23.7. The van der Waals surface area contributed by atoms with E-state index in [1.165, 1.54) is 4.57 Å². The number of unbranched alkanes of at least 4 members (excludes halogenated alkanes) is 2. The second-order valence-electron chi connectivity index (χ2n) is 8.31. The molecule has 0 fully saturated rings. The van der Waals surface area contributed by atoms with Crippen LogP contribution in [0, 0.1) is 5.92 Å². The first-order valence-corrected chi connectivity index (χ1v) is 10.1. The molecule has 0 spiro atoms. The van der Waals surface area contributed by atoms with Crippen LogP contribution < -0.4 is 11.1 Å². The predicted octanol–water partition coefficient (Wildman–Crippen LogP) is 4.07. The van der Waals surface area contributed by atoms with Crippen molar-refractivity contribution >= 4 is 17.9 Å². The second kappa shape index (κ2) is 11.5. The molecule has 1 rings (SSSR count). The summed E-state index contributed by atoms with van der Waals surface area (Å²) in [6.45, 7) is 10.3. The Bertz CT molecular complexity index is 657. The summed E-state index contributed by atoms with van der Waals surface area (Å²) in [6, 6.07) is 0. The molecule has 0 saturated carbocycles. The molecule has 0 aromatic carbocycles. The molecular weight excluding hydrogens is 356 g/mol. The molecular formula is C21H36N4O3. The van der Waals surface area contributed by atoms with Gasteiger partial charge in [-0.15, -0.1) is 0 Å². The van der Waals surface area contributed by atoms with Gasteiger partial charge in [0.05, 0.1) is 5.69 Å². The van der Waals surface area contributed by atoms with Gasteiger partial charge in [-0.25, -0.2) is 14.3 Å². The van der Waals surface area contributed by atoms with E-state index in [4.69, 9.17) is 10.5 Å². The van der Waals surface area contributed by atoms with E-state index in [2.05, 4.69) is 36.3 Å². The summed E-state index contributed by atoms with van der Waals surface area (Å²) in [7, 11) is 0. The van der Waals surface area contributed by atoms with E-state index in [-0.39, 0.29) is 11.9 Å². The van der Waals surface area contributed by atoms with E-state index < -0.39 is 11.7 Å². The lowest BCUT2D eigenvalue weighted by Gasteiger charge is -2.19. The summed E-state index contributed by atoms with van der Waals surface area (Å²) in [5, 5.41) is 2.92. The third-order valence-electron chi connectivity index (χ3n) is 3.85. The number of anilines is 1. The van der Waals surface area contributed by atoms with Crippen molar-refractivity contribution in [1.82, 2.24) is 14.9 Å². The Morgan fingerprint density at radius 2 is 2.00 bits per heavy atom. The molecule has 158 valence electrons. The number of nitrogens with zero attached hydrogens (tertiary/aromatic N) is 2. The maximum Gasteiger partial charge on any atom is 0.421 e. The number of amides is 1. The number of hydrogen-bond donors (Lipinski definition) is 2. The summed E-state index contributed by atoms with van der Waals surface area (Å²) in [5.41, 5.74) is 5.91. The average molecular weight is 393 g/mol. The summed E-state index contributed by atoms with van der Waals surface area (Å²) < 4.78 is 6.51. The van der Waals surface area contributed by atoms with Gasteiger partial charge in [0.2, 0.25) is 11.9 Å². The van der Waals surface area contributed by atoms with Gasteiger partial charge in [0.25, 0.3) is 0 Å². The van der Waals surface area contributed by atoms with Crippen LogP contribution in [-0.4, -0.2) is 33.7 Å². The highest BCUT2D eigenvalue weighted by Gasteiger charge is 2.20. The molecule has 0 aliphatic heterocycles. The second-order valence-corrected chi connectivity index (χ2v) is 8.31. The number of carbonyl (C=O) groups is 2. The number of carbonyl (C=O) groups excluding carboxylic acids is 2. The standard InChI is InChI=1S/C21H36N4O3/c1-16(2)11-8-6-7-9-13-18(26)23-14-10-12-17-15-25(19(22)24-17)20(27)28-21(3,4)5/h8,11,15-16H,6-7,9-10,12-14H2,1-5H3,(H2,22,24)(H,23,26)/b11-8+. The van der Waals surface area contributed by atoms with E-state index in [0.29, 0.717) is 31.0 Å². The van der Waals surface area contributed by atoms with E-state index in [0.717, 1.165) is 25.7 Å². The van der Waals surface area contributed by atoms with Gasteiger partial charge in [-0.05, 0) is 58.8 Å². The van der Waals surface area contributed by atoms with Gasteiger partial charge in [0, 0.05) is 19.2 Å². The van der Waals surface area contributed by atoms with Crippen LogP contribution in [-0.2, 0) is 16.0 Å². The monoisotopic (exact) mass is 392 g/mol. The van der Waals surface area contributed by atoms with Gasteiger partial charge < -0.3 is 15.8 Å². The highest BCUT2D eigenvalue weighted by atomic mass is 16.6. The maximum atomic E-state index is 12.1. The summed E-state index contributed by atoms with van der Waals surface area (Å²) in [4.78, 5) is 28.1. The molecule has 0 unspecified atom stereocenters. The van der Waals surface area contributed by atoms with E-state index >= 15 is 0 Å². The Morgan fingerprint density at radius 1 is 1.29 bits per heavy atom. The lowest BCUT2D eigenvalue weighted by Crippen LogP contribution is -2.27. The van der Waals surface area contributed by atoms with Crippen LogP contribution >= 0.6 is 0 Å². The zero-order chi connectivity index (χ0) is 21.2. The molecule has 1 amide bonds. The summed E-state index contributed by atoms with van der Waals surface area (Å²) >= 11 is 0. The Labute approximate surface area is 168 Å². The molecule has 7 nitrogen and oxygen atoms in total. The van der Waals surface area contributed by atoms with Crippen molar-refractivity contribution in [2.45, 2.75) is 78.7 Å². The molecule has 1 aromatic rings. The number of aromatic nitrogens is 2. The molecule has 0 aliphatic rings. The Kier molecular flexibility index (Phi) is 9.76. The maximum absolute atomic E-state index is 12.1. The normalized spacial score (nSPS) is 11.9. The highest BCUT2D eigenvalue weighted by Crippen LogP contribution is 2.13. The molecule has 0 radical (unpaired) electrons. The number of aryl methyl sites for hydroxylation is 1. The van der Waals surface area contributed by atoms with Crippen molar-refractivity contribution in [2.75, 3.05) is 12.3 Å². The highest BCUT2D eigenvalue weighted by molar-refractivity contribution is 5.75. The number of allylic oxidation sites excluding steroid dienone is 2. The fraction of sp³-hybridized carbons (Fsp3) is 0.667. The van der Waals surface area contributed by atoms with Gasteiger partial charge in [0.1, 0.15) is 5.60 Å². The smallest absolute Gasteiger partial charge is 0.421 e. The molecule has 0 bridgehead atoms. The minimum atomic E-state index is -0.594. The van der Waals surface area contributed by atoms with Crippen molar-refractivity contribution in [3.8, 4) is 0 Å². The quantitative estimate of drug-likeness (QED) is 0.462. The fourth-order valence-electron chi connectivity index (χ4n) is 2.52. The Morgan fingerprint density at radius 3 is 2.64 bits per heavy atom. The minimum Gasteiger partial charge on any atom is -0.443 e. The Hall–Kier alpha value is -2.31. The molecule has 0 atom stereocenters. The van der Waals surface area contributed by atoms with Crippen LogP contribution in [0.25, 0.3) is 0 Å². The van der Waals surface area contributed by atoms with E-state index in [9.17, 15) is 9.59 Å². The number of nitrogen functional groups attached to an aromatic ring is 1.